The van der Waals surface area contributed by atoms with E-state index in [-0.39, 0.29) is 24.0 Å². The number of carboxylic acid groups (broad SMARTS) is 1. The van der Waals surface area contributed by atoms with Gasteiger partial charge in [0.2, 0.25) is 0 Å². The van der Waals surface area contributed by atoms with Gasteiger partial charge in [-0.15, -0.1) is 0 Å². The molecule has 1 atom stereocenters. The molecule has 1 aliphatic carbocycles. The number of carbonyl (C=O) groups is 4. The van der Waals surface area contributed by atoms with Gasteiger partial charge < -0.3 is 39.1 Å². The molecule has 12 nitrogen and oxygen atoms in total. The second-order valence-electron chi connectivity index (χ2n) is 15.1. The van der Waals surface area contributed by atoms with E-state index in [0.29, 0.717) is 93.9 Å². The first-order chi connectivity index (χ1) is 24.3. The normalized spacial score (nSPS) is 20.4. The molecule has 2 aromatic rings. The molecule has 2 aromatic carbocycles. The van der Waals surface area contributed by atoms with Crippen LogP contribution in [0.25, 0.3) is 0 Å². The van der Waals surface area contributed by atoms with Crippen LogP contribution in [-0.2, 0) is 4.74 Å². The van der Waals surface area contributed by atoms with Crippen molar-refractivity contribution in [3.63, 3.8) is 0 Å². The summed E-state index contributed by atoms with van der Waals surface area (Å²) >= 11 is 6.45. The molecule has 1 saturated carbocycles. The molecule has 13 heteroatoms. The van der Waals surface area contributed by atoms with Crippen molar-refractivity contribution in [2.45, 2.75) is 76.9 Å². The monoisotopic (exact) mass is 723 g/mol. The predicted molar refractivity (Wildman–Crippen MR) is 194 cm³/mol. The van der Waals surface area contributed by atoms with Crippen LogP contribution in [0.4, 0.5) is 15.3 Å². The molecule has 0 spiro atoms. The lowest BCUT2D eigenvalue weighted by molar-refractivity contribution is 0.0275. The minimum atomic E-state index is -0.932. The van der Waals surface area contributed by atoms with E-state index in [1.807, 2.05) is 54.8 Å². The van der Waals surface area contributed by atoms with Gasteiger partial charge in [0, 0.05) is 87.2 Å². The first kappa shape index (κ1) is 36.6. The molecule has 0 radical (unpaired) electrons. The minimum absolute atomic E-state index is 0.0618. The summed E-state index contributed by atoms with van der Waals surface area (Å²) in [6.45, 7) is 10.0. The second-order valence-corrected chi connectivity index (χ2v) is 15.5. The lowest BCUT2D eigenvalue weighted by Gasteiger charge is -2.36. The van der Waals surface area contributed by atoms with Gasteiger partial charge in [-0.3, -0.25) is 9.59 Å². The summed E-state index contributed by atoms with van der Waals surface area (Å²) < 4.78 is 12.1. The highest BCUT2D eigenvalue weighted by Crippen LogP contribution is 2.39. The molecule has 0 aromatic heterocycles. The molecule has 51 heavy (non-hydrogen) atoms. The Labute approximate surface area is 305 Å². The van der Waals surface area contributed by atoms with Gasteiger partial charge in [0.05, 0.1) is 6.54 Å². The zero-order valence-corrected chi connectivity index (χ0v) is 30.7. The zero-order valence-electron chi connectivity index (χ0n) is 29.9. The summed E-state index contributed by atoms with van der Waals surface area (Å²) in [4.78, 5) is 60.1. The number of rotatable bonds is 6. The number of ether oxygens (including phenoxy) is 2. The van der Waals surface area contributed by atoms with Crippen LogP contribution in [0.15, 0.2) is 36.4 Å². The van der Waals surface area contributed by atoms with Crippen LogP contribution in [0.3, 0.4) is 0 Å². The van der Waals surface area contributed by atoms with Gasteiger partial charge in [0.25, 0.3) is 11.8 Å². The highest BCUT2D eigenvalue weighted by molar-refractivity contribution is 6.31. The highest BCUT2D eigenvalue weighted by Gasteiger charge is 2.33. The van der Waals surface area contributed by atoms with Crippen LogP contribution in [0.2, 0.25) is 5.02 Å². The van der Waals surface area contributed by atoms with Crippen molar-refractivity contribution in [3.05, 3.63) is 58.1 Å². The first-order valence-corrected chi connectivity index (χ1v) is 18.6. The van der Waals surface area contributed by atoms with Crippen LogP contribution >= 0.6 is 11.6 Å². The number of hydrogen-bond donors (Lipinski definition) is 1. The minimum Gasteiger partial charge on any atom is -0.488 e. The molecule has 3 heterocycles. The molecule has 276 valence electrons. The average molecular weight is 724 g/mol. The number of amides is 4. The number of benzene rings is 2. The molecule has 3 saturated heterocycles. The summed E-state index contributed by atoms with van der Waals surface area (Å²) in [6, 6.07) is 11.1. The molecule has 3 aliphatic heterocycles. The quantitative estimate of drug-likeness (QED) is 0.375. The summed E-state index contributed by atoms with van der Waals surface area (Å²) in [7, 11) is 0. The predicted octanol–water partition coefficient (Wildman–Crippen LogP) is 6.17. The van der Waals surface area contributed by atoms with Gasteiger partial charge in [0.1, 0.15) is 17.5 Å². The van der Waals surface area contributed by atoms with Crippen molar-refractivity contribution < 1.29 is 33.8 Å². The Bertz CT molecular complexity index is 1610. The molecule has 4 amide bonds. The Kier molecular flexibility index (Phi) is 11.2. The standard InChI is InChI=1S/C38H50ClN5O7/c1-38(2,3)51-37(49)44-12-11-31(25-44)50-33-10-9-27(23-32(33)26-7-5-4-6-8-26)34(45)41-15-17-42(18-16-41)35(46)28-21-29(39)24-30(22-28)40-13-19-43(20-14-40)36(47)48/h9-10,21-24,26,31H,4-8,11-20,25H2,1-3H3,(H,47,48). The Hall–Kier alpha value is -4.19. The molecule has 1 unspecified atom stereocenters. The van der Waals surface area contributed by atoms with E-state index in [4.69, 9.17) is 21.1 Å². The first-order valence-electron chi connectivity index (χ1n) is 18.2. The number of anilines is 1. The van der Waals surface area contributed by atoms with Crippen LogP contribution in [-0.4, -0.2) is 126 Å². The van der Waals surface area contributed by atoms with Crippen LogP contribution in [0.5, 0.6) is 5.75 Å². The van der Waals surface area contributed by atoms with E-state index in [0.717, 1.165) is 42.7 Å². The van der Waals surface area contributed by atoms with Crippen LogP contribution in [0.1, 0.15) is 91.5 Å². The topological polar surface area (TPSA) is 123 Å². The zero-order chi connectivity index (χ0) is 36.3. The van der Waals surface area contributed by atoms with Crippen molar-refractivity contribution in [1.82, 2.24) is 19.6 Å². The van der Waals surface area contributed by atoms with E-state index in [1.165, 1.54) is 11.3 Å². The van der Waals surface area contributed by atoms with Crippen molar-refractivity contribution in [2.24, 2.45) is 0 Å². The third kappa shape index (κ3) is 9.01. The summed E-state index contributed by atoms with van der Waals surface area (Å²) in [5, 5.41) is 9.73. The van der Waals surface area contributed by atoms with Crippen LogP contribution in [0, 0.1) is 0 Å². The third-order valence-electron chi connectivity index (χ3n) is 10.3. The van der Waals surface area contributed by atoms with E-state index in [1.54, 1.807) is 21.9 Å². The highest BCUT2D eigenvalue weighted by atomic mass is 35.5. The van der Waals surface area contributed by atoms with Gasteiger partial charge in [0.15, 0.2) is 0 Å². The Morgan fingerprint density at radius 1 is 0.725 bits per heavy atom. The van der Waals surface area contributed by atoms with Gasteiger partial charge in [-0.25, -0.2) is 9.59 Å². The van der Waals surface area contributed by atoms with Gasteiger partial charge in [-0.05, 0) is 81.5 Å². The number of carbonyl (C=O) groups excluding carboxylic acids is 3. The maximum atomic E-state index is 13.9. The lowest BCUT2D eigenvalue weighted by Crippen LogP contribution is -2.50. The fourth-order valence-corrected chi connectivity index (χ4v) is 7.76. The van der Waals surface area contributed by atoms with Gasteiger partial charge in [-0.2, -0.15) is 0 Å². The Morgan fingerprint density at radius 2 is 1.35 bits per heavy atom. The summed E-state index contributed by atoms with van der Waals surface area (Å²) in [6.07, 6.45) is 4.90. The van der Waals surface area contributed by atoms with E-state index < -0.39 is 11.7 Å². The van der Waals surface area contributed by atoms with Crippen LogP contribution < -0.4 is 9.64 Å². The number of halogens is 1. The fourth-order valence-electron chi connectivity index (χ4n) is 7.53. The van der Waals surface area contributed by atoms with Crippen molar-refractivity contribution in [3.8, 4) is 5.75 Å². The number of likely N-dealkylation sites (tertiary alicyclic amines) is 1. The largest absolute Gasteiger partial charge is 0.488 e. The van der Waals surface area contributed by atoms with E-state index >= 15 is 0 Å². The molecular weight excluding hydrogens is 674 g/mol. The maximum Gasteiger partial charge on any atom is 0.410 e. The van der Waals surface area contributed by atoms with Gasteiger partial charge in [-0.1, -0.05) is 30.9 Å². The molecule has 0 bridgehead atoms. The third-order valence-corrected chi connectivity index (χ3v) is 10.5. The number of hydrogen-bond acceptors (Lipinski definition) is 7. The fraction of sp³-hybridized carbons (Fsp3) is 0.579. The number of piperazine rings is 2. The van der Waals surface area contributed by atoms with Gasteiger partial charge >= 0.3 is 12.2 Å². The van der Waals surface area contributed by atoms with Crippen molar-refractivity contribution in [2.75, 3.05) is 70.3 Å². The SMILES string of the molecule is CC(C)(C)OC(=O)N1CCC(Oc2ccc(C(=O)N3CCN(C(=O)c4cc(Cl)cc(N5CCN(C(=O)O)CC5)c4)CC3)cc2C2CCCCC2)C1. The summed E-state index contributed by atoms with van der Waals surface area (Å²) in [5.41, 5.74) is 2.39. The smallest absolute Gasteiger partial charge is 0.410 e. The van der Waals surface area contributed by atoms with E-state index in [2.05, 4.69) is 0 Å². The molecule has 4 aliphatic rings. The molecule has 1 N–H and O–H groups in total. The molecule has 4 fully saturated rings. The maximum absolute atomic E-state index is 13.9. The van der Waals surface area contributed by atoms with E-state index in [9.17, 15) is 24.3 Å². The lowest BCUT2D eigenvalue weighted by atomic mass is 9.83. The Morgan fingerprint density at radius 3 is 1.98 bits per heavy atom. The second kappa shape index (κ2) is 15.6. The van der Waals surface area contributed by atoms with Crippen molar-refractivity contribution >= 4 is 41.3 Å². The average Bonchev–Trinajstić information content (AvgIpc) is 3.59. The molecular formula is C38H50ClN5O7. The number of nitrogens with zero attached hydrogens (tertiary/aromatic N) is 5. The summed E-state index contributed by atoms with van der Waals surface area (Å²) in [5.74, 6) is 0.888. The van der Waals surface area contributed by atoms with Crippen molar-refractivity contribution in [1.29, 1.82) is 0 Å². The Balaban J connectivity index is 1.09. The molecule has 6 rings (SSSR count).